The average molecular weight is 327 g/mol. The van der Waals surface area contributed by atoms with Crippen LogP contribution in [0.15, 0.2) is 48.8 Å². The van der Waals surface area contributed by atoms with Crippen LogP contribution in [0.2, 0.25) is 0 Å². The summed E-state index contributed by atoms with van der Waals surface area (Å²) in [5.41, 5.74) is 2.84. The van der Waals surface area contributed by atoms with E-state index in [-0.39, 0.29) is 5.41 Å². The molecule has 3 nitrogen and oxygen atoms in total. The molecule has 0 saturated carbocycles. The Bertz CT molecular complexity index is 654. The molecule has 0 aromatic heterocycles. The lowest BCUT2D eigenvalue weighted by Gasteiger charge is -2.24. The summed E-state index contributed by atoms with van der Waals surface area (Å²) >= 11 is 0. The second-order valence-corrected chi connectivity index (χ2v) is 7.07. The standard InChI is InChI=1S/C21H29NO2/c1-6-21(2,3)16-11-12-20(24-14-13-22(4)5)18(15-16)17-9-7-8-10-19(17)23/h6,9-12,15,23H,1,7-8,13-14H2,2-5H3. The minimum Gasteiger partial charge on any atom is -0.508 e. The van der Waals surface area contributed by atoms with E-state index in [0.29, 0.717) is 12.4 Å². The van der Waals surface area contributed by atoms with Gasteiger partial charge in [-0.15, -0.1) is 6.58 Å². The van der Waals surface area contributed by atoms with Gasteiger partial charge < -0.3 is 14.7 Å². The summed E-state index contributed by atoms with van der Waals surface area (Å²) < 4.78 is 6.00. The molecular weight excluding hydrogens is 298 g/mol. The van der Waals surface area contributed by atoms with Crippen molar-refractivity contribution >= 4 is 5.57 Å². The van der Waals surface area contributed by atoms with Crippen LogP contribution in [0.3, 0.4) is 0 Å². The Balaban J connectivity index is 2.41. The fourth-order valence-corrected chi connectivity index (χ4v) is 2.63. The number of aliphatic hydroxyl groups is 1. The number of ether oxygens (including phenoxy) is 1. The number of hydrogen-bond donors (Lipinski definition) is 1. The maximum absolute atomic E-state index is 10.3. The van der Waals surface area contributed by atoms with E-state index in [9.17, 15) is 5.11 Å². The van der Waals surface area contributed by atoms with Gasteiger partial charge in [-0.1, -0.05) is 32.1 Å². The molecule has 2 rings (SSSR count). The van der Waals surface area contributed by atoms with Crippen LogP contribution >= 0.6 is 0 Å². The lowest BCUT2D eigenvalue weighted by Crippen LogP contribution is -2.20. The molecule has 0 bridgehead atoms. The monoisotopic (exact) mass is 327 g/mol. The van der Waals surface area contributed by atoms with Crippen molar-refractivity contribution in [3.63, 3.8) is 0 Å². The normalized spacial score (nSPS) is 15.0. The van der Waals surface area contributed by atoms with E-state index in [1.165, 1.54) is 0 Å². The van der Waals surface area contributed by atoms with Gasteiger partial charge in [0.1, 0.15) is 18.1 Å². The number of likely N-dealkylation sites (N-methyl/N-ethyl adjacent to an activating group) is 1. The third-order valence-electron chi connectivity index (χ3n) is 4.45. The van der Waals surface area contributed by atoms with Gasteiger partial charge in [0.15, 0.2) is 0 Å². The summed E-state index contributed by atoms with van der Waals surface area (Å²) in [6, 6.07) is 6.21. The van der Waals surface area contributed by atoms with E-state index in [1.54, 1.807) is 0 Å². The Labute approximate surface area is 145 Å². The summed E-state index contributed by atoms with van der Waals surface area (Å²) in [6.07, 6.45) is 7.73. The lowest BCUT2D eigenvalue weighted by molar-refractivity contribution is 0.260. The third kappa shape index (κ3) is 4.30. The van der Waals surface area contributed by atoms with E-state index >= 15 is 0 Å². The highest BCUT2D eigenvalue weighted by Crippen LogP contribution is 2.36. The molecule has 1 aromatic rings. The van der Waals surface area contributed by atoms with E-state index in [4.69, 9.17) is 4.74 Å². The van der Waals surface area contributed by atoms with Gasteiger partial charge in [0.05, 0.1) is 0 Å². The van der Waals surface area contributed by atoms with Gasteiger partial charge in [-0.2, -0.15) is 0 Å². The van der Waals surface area contributed by atoms with Crippen molar-refractivity contribution in [2.45, 2.75) is 32.1 Å². The van der Waals surface area contributed by atoms with Crippen LogP contribution in [0, 0.1) is 0 Å². The van der Waals surface area contributed by atoms with Gasteiger partial charge >= 0.3 is 0 Å². The first-order chi connectivity index (χ1) is 11.3. The second kappa shape index (κ2) is 7.71. The van der Waals surface area contributed by atoms with Gasteiger partial charge in [-0.3, -0.25) is 0 Å². The number of rotatable bonds is 7. The molecule has 1 aliphatic carbocycles. The molecule has 0 saturated heterocycles. The fourth-order valence-electron chi connectivity index (χ4n) is 2.63. The summed E-state index contributed by atoms with van der Waals surface area (Å²) in [5.74, 6) is 1.15. The molecule has 1 N–H and O–H groups in total. The molecule has 130 valence electrons. The molecule has 0 aliphatic heterocycles. The third-order valence-corrected chi connectivity index (χ3v) is 4.45. The highest BCUT2D eigenvalue weighted by molar-refractivity contribution is 5.81. The zero-order chi connectivity index (χ0) is 17.7. The minimum absolute atomic E-state index is 0.133. The van der Waals surface area contributed by atoms with Crippen LogP contribution in [0.5, 0.6) is 5.75 Å². The summed E-state index contributed by atoms with van der Waals surface area (Å²) in [7, 11) is 4.05. The smallest absolute Gasteiger partial charge is 0.127 e. The molecule has 0 fully saturated rings. The Kier molecular flexibility index (Phi) is 5.89. The number of hydrogen-bond acceptors (Lipinski definition) is 3. The molecule has 0 atom stereocenters. The summed E-state index contributed by atoms with van der Waals surface area (Å²) in [4.78, 5) is 2.09. The molecule has 0 unspecified atom stereocenters. The van der Waals surface area contributed by atoms with Crippen LogP contribution < -0.4 is 4.74 Å². The highest BCUT2D eigenvalue weighted by atomic mass is 16.5. The highest BCUT2D eigenvalue weighted by Gasteiger charge is 2.21. The van der Waals surface area contributed by atoms with Gasteiger partial charge in [-0.05, 0) is 50.7 Å². The van der Waals surface area contributed by atoms with Crippen LogP contribution in [-0.2, 0) is 5.41 Å². The molecule has 24 heavy (non-hydrogen) atoms. The van der Waals surface area contributed by atoms with Crippen molar-refractivity contribution in [2.24, 2.45) is 0 Å². The van der Waals surface area contributed by atoms with Gasteiger partial charge in [0.2, 0.25) is 0 Å². The predicted molar refractivity (Wildman–Crippen MR) is 102 cm³/mol. The van der Waals surface area contributed by atoms with Crippen molar-refractivity contribution in [3.05, 3.63) is 59.9 Å². The quantitative estimate of drug-likeness (QED) is 0.736. The van der Waals surface area contributed by atoms with Crippen LogP contribution in [0.1, 0.15) is 37.8 Å². The molecule has 0 radical (unpaired) electrons. The fraction of sp³-hybridized carbons (Fsp3) is 0.429. The van der Waals surface area contributed by atoms with Gasteiger partial charge in [-0.25, -0.2) is 0 Å². The topological polar surface area (TPSA) is 32.7 Å². The molecule has 0 heterocycles. The first kappa shape index (κ1) is 18.3. The van der Waals surface area contributed by atoms with Gasteiger partial charge in [0.25, 0.3) is 0 Å². The number of nitrogens with zero attached hydrogens (tertiary/aromatic N) is 1. The molecular formula is C21H29NO2. The van der Waals surface area contributed by atoms with Crippen LogP contribution in [-0.4, -0.2) is 37.3 Å². The zero-order valence-corrected chi connectivity index (χ0v) is 15.3. The molecule has 0 spiro atoms. The van der Waals surface area contributed by atoms with E-state index in [0.717, 1.165) is 41.8 Å². The largest absolute Gasteiger partial charge is 0.508 e. The molecule has 0 amide bonds. The van der Waals surface area contributed by atoms with Crippen molar-refractivity contribution < 1.29 is 9.84 Å². The van der Waals surface area contributed by atoms with Crippen molar-refractivity contribution in [3.8, 4) is 5.75 Å². The second-order valence-electron chi connectivity index (χ2n) is 7.07. The SMILES string of the molecule is C=CC(C)(C)c1ccc(OCCN(C)C)c(C2=CCCC=C2O)c1. The van der Waals surface area contributed by atoms with Crippen LogP contribution in [0.25, 0.3) is 5.57 Å². The first-order valence-corrected chi connectivity index (χ1v) is 8.51. The number of benzene rings is 1. The van der Waals surface area contributed by atoms with E-state index < -0.39 is 0 Å². The van der Waals surface area contributed by atoms with Crippen LogP contribution in [0.4, 0.5) is 0 Å². The van der Waals surface area contributed by atoms with Crippen molar-refractivity contribution in [2.75, 3.05) is 27.2 Å². The summed E-state index contributed by atoms with van der Waals surface area (Å²) in [5, 5.41) is 10.3. The Morgan fingerprint density at radius 3 is 2.58 bits per heavy atom. The lowest BCUT2D eigenvalue weighted by atomic mass is 9.82. The number of aliphatic hydroxyl groups excluding tert-OH is 1. The Hall–Kier alpha value is -2.00. The average Bonchev–Trinajstić information content (AvgIpc) is 2.55. The molecule has 1 aliphatic rings. The predicted octanol–water partition coefficient (Wildman–Crippen LogP) is 4.71. The Morgan fingerprint density at radius 1 is 1.25 bits per heavy atom. The number of allylic oxidation sites excluding steroid dienone is 4. The zero-order valence-electron chi connectivity index (χ0n) is 15.3. The van der Waals surface area contributed by atoms with Crippen molar-refractivity contribution in [1.29, 1.82) is 0 Å². The van der Waals surface area contributed by atoms with Gasteiger partial charge in [0, 0.05) is 23.1 Å². The maximum Gasteiger partial charge on any atom is 0.127 e. The maximum atomic E-state index is 10.3. The Morgan fingerprint density at radius 2 is 1.96 bits per heavy atom. The minimum atomic E-state index is -0.133. The summed E-state index contributed by atoms with van der Waals surface area (Å²) in [6.45, 7) is 9.68. The molecule has 3 heteroatoms. The van der Waals surface area contributed by atoms with Crippen molar-refractivity contribution in [1.82, 2.24) is 4.90 Å². The van der Waals surface area contributed by atoms with E-state index in [1.807, 2.05) is 32.3 Å². The first-order valence-electron chi connectivity index (χ1n) is 8.51. The van der Waals surface area contributed by atoms with E-state index in [2.05, 4.69) is 43.5 Å². The molecule has 1 aromatic carbocycles.